The first-order valence-corrected chi connectivity index (χ1v) is 7.18. The van der Waals surface area contributed by atoms with Crippen LogP contribution in [0.25, 0.3) is 0 Å². The molecule has 0 aromatic heterocycles. The van der Waals surface area contributed by atoms with Crippen LogP contribution in [0.3, 0.4) is 0 Å². The van der Waals surface area contributed by atoms with Crippen LogP contribution in [-0.4, -0.2) is 12.4 Å². The van der Waals surface area contributed by atoms with Crippen molar-refractivity contribution in [3.05, 3.63) is 65.2 Å². The van der Waals surface area contributed by atoms with Crippen molar-refractivity contribution in [1.82, 2.24) is 0 Å². The van der Waals surface area contributed by atoms with Gasteiger partial charge in [-0.25, -0.2) is 0 Å². The summed E-state index contributed by atoms with van der Waals surface area (Å²) in [6.45, 7) is 0.701. The Bertz CT molecular complexity index is 660. The summed E-state index contributed by atoms with van der Waals surface area (Å²) < 4.78 is 5.65. The molecular weight excluding hydrogens is 248 g/mol. The van der Waals surface area contributed by atoms with E-state index in [9.17, 15) is 4.79 Å². The Hall–Kier alpha value is -2.09. The van der Waals surface area contributed by atoms with Gasteiger partial charge in [-0.3, -0.25) is 4.79 Å². The average Bonchev–Trinajstić information content (AvgIpc) is 3.16. The van der Waals surface area contributed by atoms with E-state index >= 15 is 0 Å². The van der Waals surface area contributed by atoms with Gasteiger partial charge < -0.3 is 4.74 Å². The minimum Gasteiger partial charge on any atom is -0.492 e. The van der Waals surface area contributed by atoms with Gasteiger partial charge in [0.15, 0.2) is 5.78 Å². The number of carbonyl (C=O) groups is 1. The highest BCUT2D eigenvalue weighted by Gasteiger charge is 2.45. The number of hydrogen-bond acceptors (Lipinski definition) is 2. The number of fused-ring (bicyclic) bond motifs is 1. The van der Waals surface area contributed by atoms with Crippen LogP contribution in [0.4, 0.5) is 0 Å². The molecule has 0 bridgehead atoms. The van der Waals surface area contributed by atoms with Crippen LogP contribution in [0.15, 0.2) is 48.5 Å². The molecule has 2 heteroatoms. The highest BCUT2D eigenvalue weighted by atomic mass is 16.5. The summed E-state index contributed by atoms with van der Waals surface area (Å²) in [5, 5.41) is 0. The van der Waals surface area contributed by atoms with Crippen molar-refractivity contribution in [3.8, 4) is 5.75 Å². The minimum absolute atomic E-state index is 0.132. The zero-order chi connectivity index (χ0) is 13.5. The van der Waals surface area contributed by atoms with Gasteiger partial charge >= 0.3 is 0 Å². The highest BCUT2D eigenvalue weighted by Crippen LogP contribution is 2.50. The van der Waals surface area contributed by atoms with E-state index in [4.69, 9.17) is 4.74 Å². The second-order valence-electron chi connectivity index (χ2n) is 5.62. The topological polar surface area (TPSA) is 26.3 Å². The molecule has 4 rings (SSSR count). The largest absolute Gasteiger partial charge is 0.492 e. The van der Waals surface area contributed by atoms with E-state index in [1.807, 2.05) is 30.3 Å². The molecule has 2 atom stereocenters. The maximum Gasteiger partial charge on any atom is 0.170 e. The van der Waals surface area contributed by atoms with Gasteiger partial charge in [0, 0.05) is 12.3 Å². The van der Waals surface area contributed by atoms with E-state index in [0.29, 0.717) is 12.5 Å². The zero-order valence-electron chi connectivity index (χ0n) is 11.2. The van der Waals surface area contributed by atoms with E-state index in [1.54, 1.807) is 0 Å². The molecule has 1 saturated carbocycles. The smallest absolute Gasteiger partial charge is 0.170 e. The summed E-state index contributed by atoms with van der Waals surface area (Å²) in [4.78, 5) is 12.7. The Labute approximate surface area is 118 Å². The molecule has 20 heavy (non-hydrogen) atoms. The molecule has 2 aromatic rings. The van der Waals surface area contributed by atoms with Crippen LogP contribution in [-0.2, 0) is 6.42 Å². The van der Waals surface area contributed by atoms with E-state index < -0.39 is 0 Å². The van der Waals surface area contributed by atoms with E-state index in [-0.39, 0.29) is 11.7 Å². The third kappa shape index (κ3) is 1.83. The summed E-state index contributed by atoms with van der Waals surface area (Å²) >= 11 is 0. The minimum atomic E-state index is 0.132. The van der Waals surface area contributed by atoms with Crippen molar-refractivity contribution < 1.29 is 9.53 Å². The first-order chi connectivity index (χ1) is 9.84. The zero-order valence-corrected chi connectivity index (χ0v) is 11.2. The Balaban J connectivity index is 1.60. The number of para-hydroxylation sites is 1. The molecule has 0 spiro atoms. The molecule has 1 aliphatic heterocycles. The van der Waals surface area contributed by atoms with Crippen molar-refractivity contribution >= 4 is 5.78 Å². The Morgan fingerprint density at radius 2 is 1.90 bits per heavy atom. The van der Waals surface area contributed by atoms with Crippen LogP contribution in [0, 0.1) is 5.92 Å². The average molecular weight is 264 g/mol. The molecule has 2 unspecified atom stereocenters. The maximum absolute atomic E-state index is 12.7. The predicted molar refractivity (Wildman–Crippen MR) is 77.3 cm³/mol. The standard InChI is InChI=1S/C18H16O2/c19-17(14-8-4-7-13-9-10-20-18(13)14)16-11-15(16)12-5-2-1-3-6-12/h1-8,15-16H,9-11H2. The van der Waals surface area contributed by atoms with E-state index in [2.05, 4.69) is 18.2 Å². The predicted octanol–water partition coefficient (Wildman–Crippen LogP) is 3.61. The number of hydrogen-bond donors (Lipinski definition) is 0. The van der Waals surface area contributed by atoms with Crippen LogP contribution >= 0.6 is 0 Å². The van der Waals surface area contributed by atoms with Crippen LogP contribution in [0.5, 0.6) is 5.75 Å². The van der Waals surface area contributed by atoms with Gasteiger partial charge in [-0.15, -0.1) is 0 Å². The Morgan fingerprint density at radius 3 is 2.75 bits per heavy atom. The summed E-state index contributed by atoms with van der Waals surface area (Å²) in [5.74, 6) is 1.60. The Kier molecular flexibility index (Phi) is 2.62. The molecule has 1 aliphatic carbocycles. The number of benzene rings is 2. The molecule has 2 aromatic carbocycles. The van der Waals surface area contributed by atoms with Crippen molar-refractivity contribution in [2.45, 2.75) is 18.8 Å². The molecule has 1 heterocycles. The number of ketones is 1. The van der Waals surface area contributed by atoms with Crippen molar-refractivity contribution in [2.24, 2.45) is 5.92 Å². The van der Waals surface area contributed by atoms with Crippen LogP contribution in [0.1, 0.15) is 33.8 Å². The molecule has 0 N–H and O–H groups in total. The number of Topliss-reactive ketones (excluding diaryl/α,β-unsaturated/α-hetero) is 1. The van der Waals surface area contributed by atoms with Gasteiger partial charge in [-0.05, 0) is 29.5 Å². The van der Waals surface area contributed by atoms with Crippen molar-refractivity contribution in [1.29, 1.82) is 0 Å². The van der Waals surface area contributed by atoms with Gasteiger partial charge in [0.25, 0.3) is 0 Å². The molecule has 2 nitrogen and oxygen atoms in total. The lowest BCUT2D eigenvalue weighted by atomic mass is 10.00. The molecule has 0 saturated heterocycles. The van der Waals surface area contributed by atoms with Crippen molar-refractivity contribution in [2.75, 3.05) is 6.61 Å². The van der Waals surface area contributed by atoms with E-state index in [0.717, 1.165) is 24.2 Å². The second-order valence-corrected chi connectivity index (χ2v) is 5.62. The summed E-state index contributed by atoms with van der Waals surface area (Å²) in [6, 6.07) is 16.3. The number of ether oxygens (including phenoxy) is 1. The fourth-order valence-corrected chi connectivity index (χ4v) is 3.16. The summed E-state index contributed by atoms with van der Waals surface area (Å²) in [5.41, 5.74) is 3.23. The summed E-state index contributed by atoms with van der Waals surface area (Å²) in [6.07, 6.45) is 1.88. The summed E-state index contributed by atoms with van der Waals surface area (Å²) in [7, 11) is 0. The molecular formula is C18H16O2. The molecule has 0 amide bonds. The normalized spacial score (nSPS) is 23.0. The van der Waals surface area contributed by atoms with Gasteiger partial charge in [0.2, 0.25) is 0 Å². The van der Waals surface area contributed by atoms with Gasteiger partial charge in [0.05, 0.1) is 12.2 Å². The monoisotopic (exact) mass is 264 g/mol. The lowest BCUT2D eigenvalue weighted by Gasteiger charge is -2.07. The lowest BCUT2D eigenvalue weighted by Crippen LogP contribution is -2.05. The molecule has 2 aliphatic rings. The number of carbonyl (C=O) groups excluding carboxylic acids is 1. The molecule has 0 radical (unpaired) electrons. The van der Waals surface area contributed by atoms with Crippen LogP contribution in [0.2, 0.25) is 0 Å². The van der Waals surface area contributed by atoms with Gasteiger partial charge in [-0.2, -0.15) is 0 Å². The molecule has 100 valence electrons. The van der Waals surface area contributed by atoms with Gasteiger partial charge in [0.1, 0.15) is 5.75 Å². The first-order valence-electron chi connectivity index (χ1n) is 7.18. The first kappa shape index (κ1) is 11.7. The lowest BCUT2D eigenvalue weighted by molar-refractivity contribution is 0.0962. The third-order valence-corrected chi connectivity index (χ3v) is 4.33. The second kappa shape index (κ2) is 4.48. The van der Waals surface area contributed by atoms with Crippen molar-refractivity contribution in [3.63, 3.8) is 0 Å². The van der Waals surface area contributed by atoms with Crippen LogP contribution < -0.4 is 4.74 Å². The quantitative estimate of drug-likeness (QED) is 0.792. The Morgan fingerprint density at radius 1 is 1.05 bits per heavy atom. The fourth-order valence-electron chi connectivity index (χ4n) is 3.16. The SMILES string of the molecule is O=C(c1cccc2c1OCC2)C1CC1c1ccccc1. The number of rotatable bonds is 3. The third-order valence-electron chi connectivity index (χ3n) is 4.33. The highest BCUT2D eigenvalue weighted by molar-refractivity contribution is 6.03. The van der Waals surface area contributed by atoms with Gasteiger partial charge in [-0.1, -0.05) is 42.5 Å². The maximum atomic E-state index is 12.7. The molecule has 1 fully saturated rings. The van der Waals surface area contributed by atoms with E-state index in [1.165, 1.54) is 11.1 Å². The fraction of sp³-hybridized carbons (Fsp3) is 0.278.